The molecule has 170 valence electrons. The summed E-state index contributed by atoms with van der Waals surface area (Å²) in [6.45, 7) is 7.47. The van der Waals surface area contributed by atoms with Crippen LogP contribution in [0.15, 0.2) is 29.6 Å². The standard InChI is InChI=1S/C22H25FN4O2S3/c1-14-5-10-32-20(14)21(31)26-8-6-25(7-9-26)19-4-3-16(11-18(19)23)27-13-17(29-22(27)28)12-24-15(2)30/h3-5,10-11,17H,6-9,12-13H2,1-2H3,(H,24,30)/t17-/m0/s1. The van der Waals surface area contributed by atoms with Crippen LogP contribution < -0.4 is 15.1 Å². The number of benzene rings is 1. The number of carbonyl (C=O) groups excluding carboxylic acids is 1. The number of thiocarbonyl (C=S) groups is 2. The van der Waals surface area contributed by atoms with Gasteiger partial charge in [-0.25, -0.2) is 9.18 Å². The molecular formula is C22H25FN4O2S3. The van der Waals surface area contributed by atoms with E-state index in [2.05, 4.69) is 28.6 Å². The molecule has 3 heterocycles. The molecule has 0 saturated carbocycles. The molecule has 10 heteroatoms. The van der Waals surface area contributed by atoms with Crippen LogP contribution >= 0.6 is 35.8 Å². The first-order valence-electron chi connectivity index (χ1n) is 10.4. The van der Waals surface area contributed by atoms with Crippen molar-refractivity contribution in [3.05, 3.63) is 45.9 Å². The Balaban J connectivity index is 1.38. The number of halogens is 1. The van der Waals surface area contributed by atoms with Gasteiger partial charge in [0.1, 0.15) is 16.9 Å². The van der Waals surface area contributed by atoms with Crippen LogP contribution in [0.4, 0.5) is 20.6 Å². The molecule has 0 bridgehead atoms. The first kappa shape index (κ1) is 22.9. The zero-order valence-electron chi connectivity index (χ0n) is 18.0. The number of hydrogen-bond donors (Lipinski definition) is 1. The smallest absolute Gasteiger partial charge is 0.414 e. The van der Waals surface area contributed by atoms with Crippen molar-refractivity contribution in [2.75, 3.05) is 49.1 Å². The van der Waals surface area contributed by atoms with Crippen LogP contribution in [0.25, 0.3) is 0 Å². The Kier molecular flexibility index (Phi) is 6.92. The Morgan fingerprint density at radius 2 is 2.00 bits per heavy atom. The van der Waals surface area contributed by atoms with Gasteiger partial charge in [-0.05, 0) is 49.1 Å². The summed E-state index contributed by atoms with van der Waals surface area (Å²) in [5.41, 5.74) is 2.22. The number of anilines is 2. The van der Waals surface area contributed by atoms with E-state index in [-0.39, 0.29) is 11.9 Å². The number of ether oxygens (including phenoxy) is 1. The highest BCUT2D eigenvalue weighted by atomic mass is 32.1. The summed E-state index contributed by atoms with van der Waals surface area (Å²) in [4.78, 5) is 20.6. The minimum absolute atomic E-state index is 0.327. The Bertz CT molecular complexity index is 1040. The highest BCUT2D eigenvalue weighted by molar-refractivity contribution is 7.81. The molecule has 1 N–H and O–H groups in total. The summed E-state index contributed by atoms with van der Waals surface area (Å²) in [6.07, 6.45) is -0.802. The molecule has 2 fully saturated rings. The van der Waals surface area contributed by atoms with Crippen molar-refractivity contribution in [3.8, 4) is 0 Å². The van der Waals surface area contributed by atoms with Gasteiger partial charge in [-0.2, -0.15) is 0 Å². The summed E-state index contributed by atoms with van der Waals surface area (Å²) >= 11 is 12.3. The number of nitrogens with one attached hydrogen (secondary N) is 1. The summed E-state index contributed by atoms with van der Waals surface area (Å²) in [5, 5.41) is 5.05. The second-order valence-electron chi connectivity index (χ2n) is 7.90. The Morgan fingerprint density at radius 1 is 1.25 bits per heavy atom. The summed E-state index contributed by atoms with van der Waals surface area (Å²) < 4.78 is 20.4. The molecule has 1 aromatic carbocycles. The lowest BCUT2D eigenvalue weighted by Gasteiger charge is -2.37. The van der Waals surface area contributed by atoms with Crippen LogP contribution in [0, 0.1) is 12.7 Å². The number of piperazine rings is 1. The molecule has 6 nitrogen and oxygen atoms in total. The third kappa shape index (κ3) is 4.87. The van der Waals surface area contributed by atoms with Crippen LogP contribution in [0.5, 0.6) is 0 Å². The first-order chi connectivity index (χ1) is 15.3. The van der Waals surface area contributed by atoms with Crippen LogP contribution in [0.2, 0.25) is 0 Å². The molecule has 1 amide bonds. The van der Waals surface area contributed by atoms with Crippen LogP contribution in [-0.4, -0.2) is 66.3 Å². The highest BCUT2D eigenvalue weighted by Gasteiger charge is 2.33. The third-order valence-electron chi connectivity index (χ3n) is 5.66. The molecule has 0 aliphatic carbocycles. The summed E-state index contributed by atoms with van der Waals surface area (Å²) in [6, 6.07) is 6.99. The van der Waals surface area contributed by atoms with E-state index in [1.54, 1.807) is 30.4 Å². The van der Waals surface area contributed by atoms with Gasteiger partial charge >= 0.3 is 6.09 Å². The molecule has 2 aliphatic rings. The molecular weight excluding hydrogens is 467 g/mol. The molecule has 1 atom stereocenters. The molecule has 0 spiro atoms. The minimum atomic E-state index is -0.475. The maximum Gasteiger partial charge on any atom is 0.414 e. The first-order valence-corrected chi connectivity index (χ1v) is 12.1. The Labute approximate surface area is 201 Å². The molecule has 0 unspecified atom stereocenters. The number of thiophene rings is 1. The van der Waals surface area contributed by atoms with Gasteiger partial charge < -0.3 is 19.9 Å². The zero-order chi connectivity index (χ0) is 22.8. The van der Waals surface area contributed by atoms with Crippen molar-refractivity contribution in [1.82, 2.24) is 10.2 Å². The van der Waals surface area contributed by atoms with Crippen LogP contribution in [-0.2, 0) is 4.74 Å². The second kappa shape index (κ2) is 9.68. The Morgan fingerprint density at radius 3 is 2.62 bits per heavy atom. The van der Waals surface area contributed by atoms with E-state index in [1.807, 2.05) is 4.90 Å². The van der Waals surface area contributed by atoms with Crippen molar-refractivity contribution in [3.63, 3.8) is 0 Å². The number of nitrogens with zero attached hydrogens (tertiary/aromatic N) is 3. The van der Waals surface area contributed by atoms with Crippen LogP contribution in [0.1, 0.15) is 17.4 Å². The summed E-state index contributed by atoms with van der Waals surface area (Å²) in [7, 11) is 0. The van der Waals surface area contributed by atoms with E-state index in [0.29, 0.717) is 42.5 Å². The molecule has 4 rings (SSSR count). The van der Waals surface area contributed by atoms with E-state index in [4.69, 9.17) is 29.2 Å². The van der Waals surface area contributed by atoms with E-state index >= 15 is 4.39 Å². The second-order valence-corrected chi connectivity index (χ2v) is 9.82. The van der Waals surface area contributed by atoms with Gasteiger partial charge in [0.2, 0.25) is 0 Å². The fourth-order valence-electron chi connectivity index (χ4n) is 3.90. The van der Waals surface area contributed by atoms with Crippen molar-refractivity contribution < 1.29 is 13.9 Å². The number of hydrogen-bond acceptors (Lipinski definition) is 6. The molecule has 1 aromatic heterocycles. The fourth-order valence-corrected chi connectivity index (χ4v) is 5.37. The predicted molar refractivity (Wildman–Crippen MR) is 135 cm³/mol. The van der Waals surface area contributed by atoms with E-state index in [0.717, 1.165) is 23.0 Å². The number of amides is 1. The lowest BCUT2D eigenvalue weighted by molar-refractivity contribution is 0.143. The van der Waals surface area contributed by atoms with E-state index in [9.17, 15) is 4.79 Å². The van der Waals surface area contributed by atoms with Gasteiger partial charge in [0.15, 0.2) is 0 Å². The minimum Gasteiger partial charge on any atom is -0.442 e. The largest absolute Gasteiger partial charge is 0.442 e. The van der Waals surface area contributed by atoms with Gasteiger partial charge in [-0.3, -0.25) is 4.90 Å². The number of carbonyl (C=O) groups is 1. The number of cyclic esters (lactones) is 1. The molecule has 32 heavy (non-hydrogen) atoms. The van der Waals surface area contributed by atoms with E-state index in [1.165, 1.54) is 16.5 Å². The van der Waals surface area contributed by atoms with Gasteiger partial charge in [0.05, 0.1) is 34.3 Å². The predicted octanol–water partition coefficient (Wildman–Crippen LogP) is 3.96. The highest BCUT2D eigenvalue weighted by Crippen LogP contribution is 2.29. The molecule has 2 aromatic rings. The van der Waals surface area contributed by atoms with Crippen LogP contribution in [0.3, 0.4) is 0 Å². The normalized spacial score (nSPS) is 18.7. The number of rotatable bonds is 5. The SMILES string of the molecule is CC(=S)NC[C@H]1CN(c2ccc(N3CCN(C(=S)c4sccc4C)CC3)c(F)c2)C(=O)O1. The van der Waals surface area contributed by atoms with Crippen molar-refractivity contribution >= 4 is 63.2 Å². The quantitative estimate of drug-likeness (QED) is 0.634. The maximum absolute atomic E-state index is 15.0. The summed E-state index contributed by atoms with van der Waals surface area (Å²) in [5.74, 6) is -0.350. The average molecular weight is 493 g/mol. The zero-order valence-corrected chi connectivity index (χ0v) is 20.4. The van der Waals surface area contributed by atoms with E-state index < -0.39 is 6.09 Å². The average Bonchev–Trinajstić information content (AvgIpc) is 3.37. The molecule has 2 aliphatic heterocycles. The lowest BCUT2D eigenvalue weighted by Crippen LogP contribution is -2.48. The van der Waals surface area contributed by atoms with Gasteiger partial charge in [-0.1, -0.05) is 24.4 Å². The number of aryl methyl sites for hydroxylation is 1. The topological polar surface area (TPSA) is 48.0 Å². The van der Waals surface area contributed by atoms with Gasteiger partial charge in [0, 0.05) is 26.2 Å². The third-order valence-corrected chi connectivity index (χ3v) is 7.42. The van der Waals surface area contributed by atoms with Crippen molar-refractivity contribution in [1.29, 1.82) is 0 Å². The lowest BCUT2D eigenvalue weighted by atomic mass is 10.2. The van der Waals surface area contributed by atoms with Gasteiger partial charge in [0.25, 0.3) is 0 Å². The maximum atomic E-state index is 15.0. The molecule has 0 radical (unpaired) electrons. The fraction of sp³-hybridized carbons (Fsp3) is 0.409. The van der Waals surface area contributed by atoms with Crippen molar-refractivity contribution in [2.45, 2.75) is 20.0 Å². The molecule has 2 saturated heterocycles. The van der Waals surface area contributed by atoms with Gasteiger partial charge in [-0.15, -0.1) is 11.3 Å². The Hall–Kier alpha value is -2.30. The monoisotopic (exact) mass is 492 g/mol. The van der Waals surface area contributed by atoms with Crippen molar-refractivity contribution in [2.24, 2.45) is 0 Å².